The molecule has 1 saturated carbocycles. The molecular formula is C18H27N3O2. The van der Waals surface area contributed by atoms with Crippen molar-refractivity contribution in [3.63, 3.8) is 0 Å². The molecule has 1 atom stereocenters. The minimum Gasteiger partial charge on any atom is -0.370 e. The molecule has 3 rings (SSSR count). The molecule has 1 aromatic carbocycles. The van der Waals surface area contributed by atoms with Crippen molar-refractivity contribution in [2.24, 2.45) is 10.7 Å². The zero-order chi connectivity index (χ0) is 16.1. The standard InChI is InChI=1S/C18H27N3O2/c1-14-6-8-15(9-7-14)21-17(19)20-12-16-13-22-18(23-16)10-4-2-3-5-11-18/h6-9,16H,2-5,10-13H2,1H3,(H3,19,20,21). The summed E-state index contributed by atoms with van der Waals surface area (Å²) in [5, 5.41) is 3.11. The van der Waals surface area contributed by atoms with E-state index in [1.807, 2.05) is 24.3 Å². The molecule has 1 spiro atoms. The van der Waals surface area contributed by atoms with Gasteiger partial charge in [-0.15, -0.1) is 0 Å². The third kappa shape index (κ3) is 4.45. The molecule has 0 aromatic heterocycles. The third-order valence-electron chi connectivity index (χ3n) is 4.57. The predicted octanol–water partition coefficient (Wildman–Crippen LogP) is 3.19. The number of hydrogen-bond acceptors (Lipinski definition) is 3. The summed E-state index contributed by atoms with van der Waals surface area (Å²) in [4.78, 5) is 4.40. The Kier molecular flexibility index (Phi) is 5.18. The Bertz CT molecular complexity index is 534. The van der Waals surface area contributed by atoms with E-state index in [1.165, 1.54) is 31.2 Å². The van der Waals surface area contributed by atoms with Crippen molar-refractivity contribution in [2.75, 3.05) is 18.5 Å². The third-order valence-corrected chi connectivity index (χ3v) is 4.57. The smallest absolute Gasteiger partial charge is 0.193 e. The van der Waals surface area contributed by atoms with E-state index in [1.54, 1.807) is 0 Å². The van der Waals surface area contributed by atoms with Gasteiger partial charge < -0.3 is 20.5 Å². The molecule has 0 amide bonds. The fourth-order valence-corrected chi connectivity index (χ4v) is 3.26. The Morgan fingerprint density at radius 3 is 2.61 bits per heavy atom. The molecule has 1 aromatic rings. The highest BCUT2D eigenvalue weighted by molar-refractivity contribution is 5.92. The van der Waals surface area contributed by atoms with Gasteiger partial charge in [0.25, 0.3) is 0 Å². The van der Waals surface area contributed by atoms with Gasteiger partial charge in [0.1, 0.15) is 6.10 Å². The normalized spacial score (nSPS) is 24.6. The Morgan fingerprint density at radius 1 is 1.22 bits per heavy atom. The fourth-order valence-electron chi connectivity index (χ4n) is 3.26. The topological polar surface area (TPSA) is 68.9 Å². The van der Waals surface area contributed by atoms with Gasteiger partial charge in [-0.1, -0.05) is 30.5 Å². The first kappa shape index (κ1) is 16.3. The Labute approximate surface area is 138 Å². The zero-order valence-electron chi connectivity index (χ0n) is 13.9. The SMILES string of the molecule is Cc1ccc(NC(N)=NCC2COC3(CCCCCC3)O2)cc1. The van der Waals surface area contributed by atoms with Crippen LogP contribution < -0.4 is 11.1 Å². The average Bonchev–Trinajstić information content (AvgIpc) is 2.79. The summed E-state index contributed by atoms with van der Waals surface area (Å²) in [6, 6.07) is 8.07. The lowest BCUT2D eigenvalue weighted by Gasteiger charge is -2.26. The second kappa shape index (κ2) is 7.32. The number of nitrogens with two attached hydrogens (primary N) is 1. The minimum atomic E-state index is -0.351. The number of benzene rings is 1. The van der Waals surface area contributed by atoms with Gasteiger partial charge in [0.05, 0.1) is 13.2 Å². The van der Waals surface area contributed by atoms with Crippen LogP contribution in [-0.2, 0) is 9.47 Å². The van der Waals surface area contributed by atoms with Gasteiger partial charge >= 0.3 is 0 Å². The molecule has 2 aliphatic rings. The first-order chi connectivity index (χ1) is 11.2. The molecule has 3 N–H and O–H groups in total. The highest BCUT2D eigenvalue weighted by Crippen LogP contribution is 2.36. The van der Waals surface area contributed by atoms with Crippen LogP contribution in [0.25, 0.3) is 0 Å². The van der Waals surface area contributed by atoms with Gasteiger partial charge in [-0.2, -0.15) is 0 Å². The van der Waals surface area contributed by atoms with E-state index in [0.717, 1.165) is 18.5 Å². The molecule has 0 bridgehead atoms. The molecule has 2 fully saturated rings. The van der Waals surface area contributed by atoms with Gasteiger partial charge in [0.15, 0.2) is 11.7 Å². The Morgan fingerprint density at radius 2 is 1.91 bits per heavy atom. The van der Waals surface area contributed by atoms with Crippen molar-refractivity contribution >= 4 is 11.6 Å². The molecule has 5 nitrogen and oxygen atoms in total. The molecule has 1 heterocycles. The fraction of sp³-hybridized carbons (Fsp3) is 0.611. The second-order valence-corrected chi connectivity index (χ2v) is 6.59. The molecule has 5 heteroatoms. The van der Waals surface area contributed by atoms with Crippen molar-refractivity contribution in [3.05, 3.63) is 29.8 Å². The summed E-state index contributed by atoms with van der Waals surface area (Å²) in [7, 11) is 0. The molecule has 0 radical (unpaired) electrons. The number of anilines is 1. The van der Waals surface area contributed by atoms with Crippen LogP contribution in [0, 0.1) is 6.92 Å². The quantitative estimate of drug-likeness (QED) is 0.663. The number of hydrogen-bond donors (Lipinski definition) is 2. The summed E-state index contributed by atoms with van der Waals surface area (Å²) < 4.78 is 12.2. The maximum absolute atomic E-state index is 6.17. The van der Waals surface area contributed by atoms with Crippen LogP contribution in [0.5, 0.6) is 0 Å². The van der Waals surface area contributed by atoms with E-state index in [4.69, 9.17) is 15.2 Å². The molecular weight excluding hydrogens is 290 g/mol. The number of nitrogens with one attached hydrogen (secondary N) is 1. The Balaban J connectivity index is 1.50. The second-order valence-electron chi connectivity index (χ2n) is 6.59. The molecule has 23 heavy (non-hydrogen) atoms. The average molecular weight is 317 g/mol. The van der Waals surface area contributed by atoms with Crippen LogP contribution in [0.15, 0.2) is 29.3 Å². The summed E-state index contributed by atoms with van der Waals surface area (Å²) >= 11 is 0. The van der Waals surface area contributed by atoms with Crippen molar-refractivity contribution in [2.45, 2.75) is 57.3 Å². The van der Waals surface area contributed by atoms with Crippen LogP contribution in [0.4, 0.5) is 5.69 Å². The number of guanidine groups is 1. The first-order valence-corrected chi connectivity index (χ1v) is 8.61. The highest BCUT2D eigenvalue weighted by atomic mass is 16.7. The highest BCUT2D eigenvalue weighted by Gasteiger charge is 2.41. The van der Waals surface area contributed by atoms with Crippen LogP contribution in [0.2, 0.25) is 0 Å². The maximum Gasteiger partial charge on any atom is 0.193 e. The molecule has 1 saturated heterocycles. The summed E-state index contributed by atoms with van der Waals surface area (Å²) in [6.45, 7) is 3.20. The molecule has 1 unspecified atom stereocenters. The van der Waals surface area contributed by atoms with E-state index in [9.17, 15) is 0 Å². The largest absolute Gasteiger partial charge is 0.370 e. The van der Waals surface area contributed by atoms with Gasteiger partial charge in [-0.25, -0.2) is 0 Å². The van der Waals surface area contributed by atoms with Crippen molar-refractivity contribution in [1.82, 2.24) is 0 Å². The van der Waals surface area contributed by atoms with Gasteiger partial charge in [0, 0.05) is 18.5 Å². The summed E-state index contributed by atoms with van der Waals surface area (Å²) in [6.07, 6.45) is 6.95. The van der Waals surface area contributed by atoms with Crippen molar-refractivity contribution < 1.29 is 9.47 Å². The van der Waals surface area contributed by atoms with E-state index < -0.39 is 0 Å². The summed E-state index contributed by atoms with van der Waals surface area (Å²) in [5.74, 6) is 0.0646. The molecule has 126 valence electrons. The molecule has 1 aliphatic carbocycles. The zero-order valence-corrected chi connectivity index (χ0v) is 13.9. The monoisotopic (exact) mass is 317 g/mol. The first-order valence-electron chi connectivity index (χ1n) is 8.61. The predicted molar refractivity (Wildman–Crippen MR) is 92.5 cm³/mol. The van der Waals surface area contributed by atoms with Crippen LogP contribution in [0.3, 0.4) is 0 Å². The van der Waals surface area contributed by atoms with Gasteiger partial charge in [0.2, 0.25) is 0 Å². The lowest BCUT2D eigenvalue weighted by atomic mass is 10.1. The van der Waals surface area contributed by atoms with Crippen molar-refractivity contribution in [3.8, 4) is 0 Å². The number of nitrogens with zero attached hydrogens (tertiary/aromatic N) is 1. The minimum absolute atomic E-state index is 0.00599. The van der Waals surface area contributed by atoms with E-state index in [2.05, 4.69) is 17.2 Å². The van der Waals surface area contributed by atoms with E-state index in [-0.39, 0.29) is 11.9 Å². The van der Waals surface area contributed by atoms with Crippen LogP contribution in [-0.4, -0.2) is 31.0 Å². The lowest BCUT2D eigenvalue weighted by Crippen LogP contribution is -2.31. The van der Waals surface area contributed by atoms with E-state index >= 15 is 0 Å². The van der Waals surface area contributed by atoms with Crippen LogP contribution >= 0.6 is 0 Å². The van der Waals surface area contributed by atoms with Gasteiger partial charge in [-0.3, -0.25) is 4.99 Å². The van der Waals surface area contributed by atoms with Crippen molar-refractivity contribution in [1.29, 1.82) is 0 Å². The lowest BCUT2D eigenvalue weighted by molar-refractivity contribution is -0.174. The molecule has 1 aliphatic heterocycles. The number of rotatable bonds is 3. The maximum atomic E-state index is 6.17. The van der Waals surface area contributed by atoms with E-state index in [0.29, 0.717) is 19.1 Å². The number of aliphatic imine (C=N–C) groups is 1. The number of aryl methyl sites for hydroxylation is 1. The van der Waals surface area contributed by atoms with Gasteiger partial charge in [-0.05, 0) is 31.9 Å². The van der Waals surface area contributed by atoms with Crippen LogP contribution in [0.1, 0.15) is 44.1 Å². The number of ether oxygens (including phenoxy) is 2. The summed E-state index contributed by atoms with van der Waals surface area (Å²) in [5.41, 5.74) is 8.12. The Hall–Kier alpha value is -1.59.